The minimum atomic E-state index is -3.52. The van der Waals surface area contributed by atoms with E-state index in [4.69, 9.17) is 5.11 Å². The van der Waals surface area contributed by atoms with Crippen molar-refractivity contribution in [2.24, 2.45) is 0 Å². The summed E-state index contributed by atoms with van der Waals surface area (Å²) in [6.07, 6.45) is 0. The van der Waals surface area contributed by atoms with Crippen molar-refractivity contribution in [3.05, 3.63) is 14.7 Å². The lowest BCUT2D eigenvalue weighted by Crippen LogP contribution is -2.39. The molecule has 98 valence electrons. The molecule has 1 heterocycles. The van der Waals surface area contributed by atoms with Gasteiger partial charge in [-0.3, -0.25) is 0 Å². The number of hydrogen-bond acceptors (Lipinski definition) is 4. The van der Waals surface area contributed by atoms with Gasteiger partial charge in [0.15, 0.2) is 0 Å². The maximum absolute atomic E-state index is 12.4. The number of halogens is 1. The van der Waals surface area contributed by atoms with Gasteiger partial charge in [-0.05, 0) is 42.8 Å². The highest BCUT2D eigenvalue weighted by atomic mass is 79.9. The lowest BCUT2D eigenvalue weighted by Gasteiger charge is -2.24. The van der Waals surface area contributed by atoms with E-state index in [2.05, 4.69) is 15.9 Å². The van der Waals surface area contributed by atoms with Crippen molar-refractivity contribution in [3.8, 4) is 0 Å². The highest BCUT2D eigenvalue weighted by molar-refractivity contribution is 9.11. The second-order valence-corrected chi connectivity index (χ2v) is 8.40. The van der Waals surface area contributed by atoms with Crippen molar-refractivity contribution in [1.29, 1.82) is 0 Å². The van der Waals surface area contributed by atoms with E-state index >= 15 is 0 Å². The molecule has 0 fully saturated rings. The zero-order valence-electron chi connectivity index (χ0n) is 9.97. The number of rotatable bonds is 5. The molecule has 0 aliphatic heterocycles. The molecule has 1 N–H and O–H groups in total. The number of nitrogens with zero attached hydrogens (tertiary/aromatic N) is 1. The van der Waals surface area contributed by atoms with Crippen molar-refractivity contribution in [2.45, 2.75) is 31.7 Å². The Morgan fingerprint density at radius 1 is 1.53 bits per heavy atom. The third-order valence-corrected chi connectivity index (χ3v) is 6.21. The summed E-state index contributed by atoms with van der Waals surface area (Å²) in [6, 6.07) is 1.44. The van der Waals surface area contributed by atoms with Gasteiger partial charge in [0, 0.05) is 17.5 Å². The van der Waals surface area contributed by atoms with Crippen LogP contribution in [0.4, 0.5) is 0 Å². The van der Waals surface area contributed by atoms with Gasteiger partial charge in [0.25, 0.3) is 0 Å². The summed E-state index contributed by atoms with van der Waals surface area (Å²) < 4.78 is 26.9. The Morgan fingerprint density at radius 2 is 2.12 bits per heavy atom. The molecular formula is C10H16BrNO3S2. The standard InChI is InChI=1S/C10H16BrNO3S2/c1-7(2)12(4-5-13)17(14,15)9-6-10(11)16-8(9)3/h6-7,13H,4-5H2,1-3H3. The summed E-state index contributed by atoms with van der Waals surface area (Å²) in [5.41, 5.74) is 0. The molecule has 0 radical (unpaired) electrons. The summed E-state index contributed by atoms with van der Waals surface area (Å²) in [7, 11) is -3.52. The first-order valence-electron chi connectivity index (χ1n) is 5.19. The van der Waals surface area contributed by atoms with Crippen LogP contribution in [0.3, 0.4) is 0 Å². The third kappa shape index (κ3) is 3.29. The summed E-state index contributed by atoms with van der Waals surface area (Å²) in [6.45, 7) is 5.31. The predicted octanol–water partition coefficient (Wildman–Crippen LogP) is 2.21. The van der Waals surface area contributed by atoms with E-state index in [1.807, 2.05) is 0 Å². The number of thiophene rings is 1. The normalized spacial score (nSPS) is 12.6. The molecular weight excluding hydrogens is 326 g/mol. The maximum atomic E-state index is 12.4. The molecule has 4 nitrogen and oxygen atoms in total. The van der Waals surface area contributed by atoms with Crippen molar-refractivity contribution >= 4 is 37.3 Å². The first kappa shape index (κ1) is 15.1. The van der Waals surface area contributed by atoms with Crippen LogP contribution in [-0.2, 0) is 10.0 Å². The second-order valence-electron chi connectivity index (χ2n) is 3.90. The Kier molecular flexibility index (Phi) is 5.15. The molecule has 0 spiro atoms. The van der Waals surface area contributed by atoms with Gasteiger partial charge in [0.2, 0.25) is 10.0 Å². The number of aliphatic hydroxyl groups excluding tert-OH is 1. The highest BCUT2D eigenvalue weighted by Crippen LogP contribution is 2.32. The summed E-state index contributed by atoms with van der Waals surface area (Å²) in [5.74, 6) is 0. The van der Waals surface area contributed by atoms with Crippen LogP contribution in [0.5, 0.6) is 0 Å². The Hall–Kier alpha value is 0.0500. The Bertz CT molecular complexity index is 482. The fraction of sp³-hybridized carbons (Fsp3) is 0.600. The van der Waals surface area contributed by atoms with Crippen molar-refractivity contribution in [2.75, 3.05) is 13.2 Å². The maximum Gasteiger partial charge on any atom is 0.244 e. The Morgan fingerprint density at radius 3 is 2.47 bits per heavy atom. The van der Waals surface area contributed by atoms with E-state index in [-0.39, 0.29) is 19.2 Å². The van der Waals surface area contributed by atoms with Gasteiger partial charge in [-0.15, -0.1) is 11.3 Å². The van der Waals surface area contributed by atoms with Crippen LogP contribution in [0.15, 0.2) is 14.7 Å². The monoisotopic (exact) mass is 341 g/mol. The molecule has 17 heavy (non-hydrogen) atoms. The zero-order chi connectivity index (χ0) is 13.2. The SMILES string of the molecule is Cc1sc(Br)cc1S(=O)(=O)N(CCO)C(C)C. The van der Waals surface area contributed by atoms with Crippen molar-refractivity contribution in [3.63, 3.8) is 0 Å². The van der Waals surface area contributed by atoms with Gasteiger partial charge >= 0.3 is 0 Å². The molecule has 0 bridgehead atoms. The molecule has 0 aliphatic rings. The molecule has 7 heteroatoms. The van der Waals surface area contributed by atoms with E-state index in [0.29, 0.717) is 4.90 Å². The fourth-order valence-corrected chi connectivity index (χ4v) is 5.58. The minimum Gasteiger partial charge on any atom is -0.395 e. The topological polar surface area (TPSA) is 57.6 Å². The van der Waals surface area contributed by atoms with Gasteiger partial charge in [0.05, 0.1) is 15.3 Å². The average molecular weight is 342 g/mol. The molecule has 0 saturated carbocycles. The van der Waals surface area contributed by atoms with Gasteiger partial charge in [-0.1, -0.05) is 0 Å². The molecule has 0 aromatic carbocycles. The number of aryl methyl sites for hydroxylation is 1. The number of aliphatic hydroxyl groups is 1. The van der Waals surface area contributed by atoms with E-state index in [1.54, 1.807) is 26.8 Å². The van der Waals surface area contributed by atoms with Gasteiger partial charge in [-0.2, -0.15) is 4.31 Å². The van der Waals surface area contributed by atoms with Crippen LogP contribution in [0.1, 0.15) is 18.7 Å². The van der Waals surface area contributed by atoms with Gasteiger partial charge < -0.3 is 5.11 Å². The van der Waals surface area contributed by atoms with E-state index < -0.39 is 10.0 Å². The minimum absolute atomic E-state index is 0.118. The smallest absolute Gasteiger partial charge is 0.244 e. The van der Waals surface area contributed by atoms with E-state index in [1.165, 1.54) is 15.6 Å². The van der Waals surface area contributed by atoms with Crippen LogP contribution in [0.2, 0.25) is 0 Å². The van der Waals surface area contributed by atoms with Gasteiger partial charge in [0.1, 0.15) is 0 Å². The van der Waals surface area contributed by atoms with Crippen LogP contribution < -0.4 is 0 Å². The summed E-state index contributed by atoms with van der Waals surface area (Å²) in [5, 5.41) is 8.96. The van der Waals surface area contributed by atoms with Crippen LogP contribution in [-0.4, -0.2) is 37.0 Å². The number of sulfonamides is 1. The molecule has 0 aliphatic carbocycles. The fourth-order valence-electron chi connectivity index (χ4n) is 1.57. The van der Waals surface area contributed by atoms with Crippen molar-refractivity contribution in [1.82, 2.24) is 4.31 Å². The molecule has 0 atom stereocenters. The predicted molar refractivity (Wildman–Crippen MR) is 72.9 cm³/mol. The lowest BCUT2D eigenvalue weighted by molar-refractivity contribution is 0.236. The van der Waals surface area contributed by atoms with Crippen LogP contribution in [0, 0.1) is 6.92 Å². The first-order chi connectivity index (χ1) is 7.80. The second kappa shape index (κ2) is 5.79. The molecule has 1 rings (SSSR count). The summed E-state index contributed by atoms with van der Waals surface area (Å²) in [4.78, 5) is 1.07. The third-order valence-electron chi connectivity index (χ3n) is 2.33. The average Bonchev–Trinajstić information content (AvgIpc) is 2.54. The van der Waals surface area contributed by atoms with Crippen LogP contribution in [0.25, 0.3) is 0 Å². The van der Waals surface area contributed by atoms with Crippen LogP contribution >= 0.6 is 27.3 Å². The molecule has 0 saturated heterocycles. The molecule has 1 aromatic rings. The van der Waals surface area contributed by atoms with Gasteiger partial charge in [-0.25, -0.2) is 8.42 Å². The zero-order valence-corrected chi connectivity index (χ0v) is 13.2. The van der Waals surface area contributed by atoms with E-state index in [9.17, 15) is 8.42 Å². The summed E-state index contributed by atoms with van der Waals surface area (Å²) >= 11 is 4.68. The van der Waals surface area contributed by atoms with Crippen molar-refractivity contribution < 1.29 is 13.5 Å². The lowest BCUT2D eigenvalue weighted by atomic mass is 10.4. The first-order valence-corrected chi connectivity index (χ1v) is 8.24. The Labute approximate surface area is 114 Å². The Balaban J connectivity index is 3.21. The number of hydrogen-bond donors (Lipinski definition) is 1. The molecule has 1 aromatic heterocycles. The van der Waals surface area contributed by atoms with E-state index in [0.717, 1.165) is 8.66 Å². The largest absolute Gasteiger partial charge is 0.395 e. The molecule has 0 unspecified atom stereocenters. The highest BCUT2D eigenvalue weighted by Gasteiger charge is 2.29. The molecule has 0 amide bonds. The quantitative estimate of drug-likeness (QED) is 0.893.